The number of aryl methyl sites for hydroxylation is 1. The van der Waals surface area contributed by atoms with Crippen molar-refractivity contribution in [1.82, 2.24) is 5.32 Å². The van der Waals surface area contributed by atoms with Crippen molar-refractivity contribution < 1.29 is 9.53 Å². The molecule has 110 valence electrons. The first kappa shape index (κ1) is 15.0. The van der Waals surface area contributed by atoms with Crippen LogP contribution in [0, 0.1) is 5.41 Å². The standard InChI is InChI=1S/C16H24N2O2/c1-2-13-5-3-4-6-14(13)11-18-15(19)16(12-17)7-9-20-10-8-16/h3-6H,2,7-12,17H2,1H3,(H,18,19). The molecule has 1 amide bonds. The summed E-state index contributed by atoms with van der Waals surface area (Å²) < 4.78 is 5.34. The molecule has 0 radical (unpaired) electrons. The minimum atomic E-state index is -0.445. The molecule has 0 atom stereocenters. The Balaban J connectivity index is 2.00. The molecule has 0 aliphatic carbocycles. The first-order valence-electron chi connectivity index (χ1n) is 7.35. The number of carbonyl (C=O) groups excluding carboxylic acids is 1. The SMILES string of the molecule is CCc1ccccc1CNC(=O)C1(CN)CCOCC1. The fourth-order valence-electron chi connectivity index (χ4n) is 2.72. The lowest BCUT2D eigenvalue weighted by Crippen LogP contribution is -2.49. The Morgan fingerprint density at radius 2 is 1.95 bits per heavy atom. The Hall–Kier alpha value is -1.39. The summed E-state index contributed by atoms with van der Waals surface area (Å²) in [6, 6.07) is 8.21. The number of carbonyl (C=O) groups is 1. The van der Waals surface area contributed by atoms with Gasteiger partial charge in [0.2, 0.25) is 5.91 Å². The van der Waals surface area contributed by atoms with Crippen LogP contribution in [-0.2, 0) is 22.5 Å². The maximum absolute atomic E-state index is 12.5. The zero-order valence-corrected chi connectivity index (χ0v) is 12.2. The number of ether oxygens (including phenoxy) is 1. The molecule has 1 aromatic rings. The highest BCUT2D eigenvalue weighted by molar-refractivity contribution is 5.83. The Morgan fingerprint density at radius 1 is 1.30 bits per heavy atom. The lowest BCUT2D eigenvalue weighted by atomic mass is 9.79. The van der Waals surface area contributed by atoms with E-state index in [1.807, 2.05) is 12.1 Å². The number of nitrogens with one attached hydrogen (secondary N) is 1. The molecular weight excluding hydrogens is 252 g/mol. The third-order valence-corrected chi connectivity index (χ3v) is 4.26. The number of rotatable bonds is 5. The van der Waals surface area contributed by atoms with Crippen molar-refractivity contribution in [2.75, 3.05) is 19.8 Å². The van der Waals surface area contributed by atoms with Gasteiger partial charge in [-0.05, 0) is 30.4 Å². The number of benzene rings is 1. The molecule has 2 rings (SSSR count). The lowest BCUT2D eigenvalue weighted by Gasteiger charge is -2.34. The van der Waals surface area contributed by atoms with Crippen molar-refractivity contribution in [3.63, 3.8) is 0 Å². The zero-order valence-electron chi connectivity index (χ0n) is 12.2. The minimum Gasteiger partial charge on any atom is -0.381 e. The van der Waals surface area contributed by atoms with Gasteiger partial charge in [-0.2, -0.15) is 0 Å². The first-order chi connectivity index (χ1) is 9.72. The van der Waals surface area contributed by atoms with Gasteiger partial charge in [0.25, 0.3) is 0 Å². The van der Waals surface area contributed by atoms with Gasteiger partial charge in [-0.25, -0.2) is 0 Å². The molecule has 20 heavy (non-hydrogen) atoms. The molecule has 4 nitrogen and oxygen atoms in total. The van der Waals surface area contributed by atoms with Gasteiger partial charge in [0, 0.05) is 26.3 Å². The molecule has 1 aliphatic rings. The number of hydrogen-bond acceptors (Lipinski definition) is 3. The zero-order chi connectivity index (χ0) is 14.4. The van der Waals surface area contributed by atoms with E-state index in [0.717, 1.165) is 6.42 Å². The summed E-state index contributed by atoms with van der Waals surface area (Å²) in [5.74, 6) is 0.0641. The van der Waals surface area contributed by atoms with Crippen molar-refractivity contribution in [2.24, 2.45) is 11.1 Å². The van der Waals surface area contributed by atoms with E-state index in [1.54, 1.807) is 0 Å². The maximum atomic E-state index is 12.5. The molecule has 3 N–H and O–H groups in total. The van der Waals surface area contributed by atoms with Crippen LogP contribution in [0.2, 0.25) is 0 Å². The summed E-state index contributed by atoms with van der Waals surface area (Å²) in [5, 5.41) is 3.06. The monoisotopic (exact) mass is 276 g/mol. The molecule has 1 saturated heterocycles. The summed E-state index contributed by atoms with van der Waals surface area (Å²) in [4.78, 5) is 12.5. The normalized spacial score (nSPS) is 17.7. The molecule has 0 spiro atoms. The predicted octanol–water partition coefficient (Wildman–Crippen LogP) is 1.62. The second kappa shape index (κ2) is 6.86. The third kappa shape index (κ3) is 3.19. The molecule has 0 unspecified atom stereocenters. The predicted molar refractivity (Wildman–Crippen MR) is 79.2 cm³/mol. The van der Waals surface area contributed by atoms with E-state index in [1.165, 1.54) is 11.1 Å². The second-order valence-corrected chi connectivity index (χ2v) is 5.40. The minimum absolute atomic E-state index is 0.0641. The number of amides is 1. The number of nitrogens with two attached hydrogens (primary N) is 1. The molecule has 0 aromatic heterocycles. The smallest absolute Gasteiger partial charge is 0.227 e. The molecular formula is C16H24N2O2. The van der Waals surface area contributed by atoms with E-state index >= 15 is 0 Å². The van der Waals surface area contributed by atoms with Crippen molar-refractivity contribution in [3.8, 4) is 0 Å². The highest BCUT2D eigenvalue weighted by atomic mass is 16.5. The molecule has 1 heterocycles. The average molecular weight is 276 g/mol. The Bertz CT molecular complexity index is 454. The van der Waals surface area contributed by atoms with Gasteiger partial charge < -0.3 is 15.8 Å². The Labute approximate surface area is 120 Å². The summed E-state index contributed by atoms with van der Waals surface area (Å²) in [7, 11) is 0. The van der Waals surface area contributed by atoms with Crippen LogP contribution in [0.4, 0.5) is 0 Å². The topological polar surface area (TPSA) is 64.4 Å². The molecule has 0 bridgehead atoms. The largest absolute Gasteiger partial charge is 0.381 e. The van der Waals surface area contributed by atoms with Gasteiger partial charge in [0.05, 0.1) is 5.41 Å². The fraction of sp³-hybridized carbons (Fsp3) is 0.562. The third-order valence-electron chi connectivity index (χ3n) is 4.26. The molecule has 1 fully saturated rings. The van der Waals surface area contributed by atoms with Crippen LogP contribution < -0.4 is 11.1 Å². The van der Waals surface area contributed by atoms with Crippen molar-refractivity contribution in [3.05, 3.63) is 35.4 Å². The molecule has 4 heteroatoms. The molecule has 1 aromatic carbocycles. The number of hydrogen-bond donors (Lipinski definition) is 2. The Morgan fingerprint density at radius 3 is 2.55 bits per heavy atom. The fourth-order valence-corrected chi connectivity index (χ4v) is 2.72. The molecule has 0 saturated carbocycles. The Kier molecular flexibility index (Phi) is 5.15. The molecule has 1 aliphatic heterocycles. The lowest BCUT2D eigenvalue weighted by molar-refractivity contribution is -0.136. The van der Waals surface area contributed by atoms with Gasteiger partial charge in [0.15, 0.2) is 0 Å². The van der Waals surface area contributed by atoms with Crippen LogP contribution in [0.25, 0.3) is 0 Å². The highest BCUT2D eigenvalue weighted by Crippen LogP contribution is 2.29. The van der Waals surface area contributed by atoms with Crippen LogP contribution >= 0.6 is 0 Å². The average Bonchev–Trinajstić information content (AvgIpc) is 2.53. The van der Waals surface area contributed by atoms with Gasteiger partial charge >= 0.3 is 0 Å². The van der Waals surface area contributed by atoms with Crippen LogP contribution in [0.15, 0.2) is 24.3 Å². The van der Waals surface area contributed by atoms with E-state index < -0.39 is 5.41 Å². The van der Waals surface area contributed by atoms with Crippen molar-refractivity contribution in [2.45, 2.75) is 32.7 Å². The van der Waals surface area contributed by atoms with Crippen LogP contribution in [0.3, 0.4) is 0 Å². The summed E-state index contributed by atoms with van der Waals surface area (Å²) in [6.07, 6.45) is 2.40. The highest BCUT2D eigenvalue weighted by Gasteiger charge is 2.38. The van der Waals surface area contributed by atoms with Gasteiger partial charge in [-0.15, -0.1) is 0 Å². The van der Waals surface area contributed by atoms with Gasteiger partial charge in [0.1, 0.15) is 0 Å². The van der Waals surface area contributed by atoms with E-state index in [9.17, 15) is 4.79 Å². The van der Waals surface area contributed by atoms with Crippen molar-refractivity contribution >= 4 is 5.91 Å². The van der Waals surface area contributed by atoms with Crippen LogP contribution in [0.1, 0.15) is 30.9 Å². The van der Waals surface area contributed by atoms with Crippen molar-refractivity contribution in [1.29, 1.82) is 0 Å². The maximum Gasteiger partial charge on any atom is 0.227 e. The summed E-state index contributed by atoms with van der Waals surface area (Å²) in [5.41, 5.74) is 7.86. The van der Waals surface area contributed by atoms with E-state index in [-0.39, 0.29) is 5.91 Å². The van der Waals surface area contributed by atoms with Crippen LogP contribution in [0.5, 0.6) is 0 Å². The van der Waals surface area contributed by atoms with Crippen LogP contribution in [-0.4, -0.2) is 25.7 Å². The first-order valence-corrected chi connectivity index (χ1v) is 7.35. The summed E-state index contributed by atoms with van der Waals surface area (Å²) in [6.45, 7) is 4.33. The van der Waals surface area contributed by atoms with E-state index in [0.29, 0.717) is 39.1 Å². The second-order valence-electron chi connectivity index (χ2n) is 5.40. The van der Waals surface area contributed by atoms with Gasteiger partial charge in [-0.1, -0.05) is 31.2 Å². The summed E-state index contributed by atoms with van der Waals surface area (Å²) >= 11 is 0. The quantitative estimate of drug-likeness (QED) is 0.859. The van der Waals surface area contributed by atoms with E-state index in [4.69, 9.17) is 10.5 Å². The van der Waals surface area contributed by atoms with E-state index in [2.05, 4.69) is 24.4 Å². The van der Waals surface area contributed by atoms with Gasteiger partial charge in [-0.3, -0.25) is 4.79 Å².